The lowest BCUT2D eigenvalue weighted by molar-refractivity contribution is 0.425. The average Bonchev–Trinajstić information content (AvgIpc) is 3.28. The van der Waals surface area contributed by atoms with E-state index >= 15 is 0 Å². The minimum Gasteiger partial charge on any atom is -0.352 e. The van der Waals surface area contributed by atoms with E-state index < -0.39 is 9.84 Å². The van der Waals surface area contributed by atoms with Crippen molar-refractivity contribution in [1.82, 2.24) is 14.7 Å². The summed E-state index contributed by atoms with van der Waals surface area (Å²) in [5.41, 5.74) is 1.73. The quantitative estimate of drug-likeness (QED) is 0.728. The van der Waals surface area contributed by atoms with E-state index in [1.165, 1.54) is 0 Å². The molecule has 0 spiro atoms. The van der Waals surface area contributed by atoms with Crippen molar-refractivity contribution < 1.29 is 12.9 Å². The van der Waals surface area contributed by atoms with Gasteiger partial charge in [-0.2, -0.15) is 0 Å². The molecule has 124 valence electrons. The van der Waals surface area contributed by atoms with Gasteiger partial charge in [0.05, 0.1) is 11.5 Å². The first-order chi connectivity index (χ1) is 11.6. The fourth-order valence-corrected chi connectivity index (χ4v) is 4.95. The molecule has 0 radical (unpaired) electrons. The fourth-order valence-electron chi connectivity index (χ4n) is 3.10. The number of sulfone groups is 1. The van der Waals surface area contributed by atoms with Crippen molar-refractivity contribution in [3.8, 4) is 22.8 Å². The first-order valence-corrected chi connectivity index (χ1v) is 9.67. The number of aromatic nitrogens is 3. The Labute approximate surface area is 140 Å². The lowest BCUT2D eigenvalue weighted by Gasteiger charge is -2.10. The Hall–Kier alpha value is -2.41. The topological polar surface area (TPSA) is 78.0 Å². The van der Waals surface area contributed by atoms with Crippen molar-refractivity contribution in [2.45, 2.75) is 13.0 Å². The van der Waals surface area contributed by atoms with E-state index in [1.807, 2.05) is 47.2 Å². The van der Waals surface area contributed by atoms with Crippen LogP contribution in [-0.2, 0) is 16.4 Å². The van der Waals surface area contributed by atoms with Crippen molar-refractivity contribution >= 4 is 9.84 Å². The Kier molecular flexibility index (Phi) is 3.72. The van der Waals surface area contributed by atoms with Crippen molar-refractivity contribution in [2.24, 2.45) is 5.92 Å². The normalized spacial score (nSPS) is 19.6. The van der Waals surface area contributed by atoms with Crippen LogP contribution in [0.3, 0.4) is 0 Å². The van der Waals surface area contributed by atoms with Crippen LogP contribution >= 0.6 is 0 Å². The lowest BCUT2D eigenvalue weighted by atomic mass is 10.1. The maximum absolute atomic E-state index is 11.6. The summed E-state index contributed by atoms with van der Waals surface area (Å²) in [5.74, 6) is 1.91. The summed E-state index contributed by atoms with van der Waals surface area (Å²) in [4.78, 5) is 4.35. The number of nitrogens with zero attached hydrogens (tertiary/aromatic N) is 3. The molecule has 0 N–H and O–H groups in total. The third-order valence-electron chi connectivity index (χ3n) is 4.30. The summed E-state index contributed by atoms with van der Waals surface area (Å²) < 4.78 is 30.7. The fraction of sp³-hybridized carbons (Fsp3) is 0.294. The molecule has 0 bridgehead atoms. The standard InChI is InChI=1S/C17H17N3O3S/c21-24(22)9-6-13(12-24)11-20-8-7-18-17(20)16-10-15(19-23-16)14-4-2-1-3-5-14/h1-5,7-8,10,13H,6,9,11-12H2/t13-/m0/s1. The molecule has 4 rings (SSSR count). The van der Waals surface area contributed by atoms with E-state index in [-0.39, 0.29) is 17.4 Å². The first kappa shape index (κ1) is 15.1. The molecule has 1 atom stereocenters. The van der Waals surface area contributed by atoms with Gasteiger partial charge in [0, 0.05) is 30.6 Å². The van der Waals surface area contributed by atoms with Crippen molar-refractivity contribution in [3.63, 3.8) is 0 Å². The molecule has 0 amide bonds. The number of benzene rings is 1. The zero-order chi connectivity index (χ0) is 16.6. The Morgan fingerprint density at radius 1 is 1.25 bits per heavy atom. The van der Waals surface area contributed by atoms with Crippen molar-refractivity contribution in [1.29, 1.82) is 0 Å². The van der Waals surface area contributed by atoms with E-state index in [1.54, 1.807) is 6.20 Å². The number of hydrogen-bond donors (Lipinski definition) is 0. The van der Waals surface area contributed by atoms with Gasteiger partial charge in [0.25, 0.3) is 0 Å². The Morgan fingerprint density at radius 2 is 2.08 bits per heavy atom. The number of rotatable bonds is 4. The second-order valence-electron chi connectivity index (χ2n) is 6.11. The van der Waals surface area contributed by atoms with Gasteiger partial charge in [-0.25, -0.2) is 13.4 Å². The summed E-state index contributed by atoms with van der Waals surface area (Å²) in [7, 11) is -2.88. The van der Waals surface area contributed by atoms with E-state index in [9.17, 15) is 8.42 Å². The minimum absolute atomic E-state index is 0.125. The maximum Gasteiger partial charge on any atom is 0.202 e. The SMILES string of the molecule is O=S1(=O)CC[C@@H](Cn2ccnc2-c2cc(-c3ccccc3)no2)C1. The summed E-state index contributed by atoms with van der Waals surface area (Å²) in [6, 6.07) is 11.7. The molecule has 24 heavy (non-hydrogen) atoms. The van der Waals surface area contributed by atoms with E-state index in [2.05, 4.69) is 10.1 Å². The van der Waals surface area contributed by atoms with Gasteiger partial charge in [0.15, 0.2) is 15.7 Å². The highest BCUT2D eigenvalue weighted by Crippen LogP contribution is 2.27. The van der Waals surface area contributed by atoms with Crippen LogP contribution in [-0.4, -0.2) is 34.6 Å². The molecule has 1 fully saturated rings. The van der Waals surface area contributed by atoms with Crippen molar-refractivity contribution in [2.75, 3.05) is 11.5 Å². The third-order valence-corrected chi connectivity index (χ3v) is 6.13. The number of imidazole rings is 1. The van der Waals surface area contributed by atoms with Crippen LogP contribution < -0.4 is 0 Å². The molecule has 1 aliphatic rings. The second-order valence-corrected chi connectivity index (χ2v) is 8.34. The molecule has 0 saturated carbocycles. The summed E-state index contributed by atoms with van der Waals surface area (Å²) >= 11 is 0. The highest BCUT2D eigenvalue weighted by molar-refractivity contribution is 7.91. The van der Waals surface area contributed by atoms with Gasteiger partial charge in [-0.3, -0.25) is 0 Å². The molecule has 2 aromatic heterocycles. The van der Waals surface area contributed by atoms with Gasteiger partial charge in [-0.1, -0.05) is 35.5 Å². The van der Waals surface area contributed by atoms with Crippen LogP contribution in [0.1, 0.15) is 6.42 Å². The molecule has 1 aliphatic heterocycles. The van der Waals surface area contributed by atoms with E-state index in [0.717, 1.165) is 11.3 Å². The predicted octanol–water partition coefficient (Wildman–Crippen LogP) is 2.64. The van der Waals surface area contributed by atoms with Gasteiger partial charge >= 0.3 is 0 Å². The highest BCUT2D eigenvalue weighted by Gasteiger charge is 2.28. The highest BCUT2D eigenvalue weighted by atomic mass is 32.2. The average molecular weight is 343 g/mol. The van der Waals surface area contributed by atoms with Gasteiger partial charge < -0.3 is 9.09 Å². The Balaban J connectivity index is 1.58. The van der Waals surface area contributed by atoms with Crippen LogP contribution in [0.2, 0.25) is 0 Å². The molecule has 3 aromatic rings. The summed E-state index contributed by atoms with van der Waals surface area (Å²) in [5, 5.41) is 4.11. The smallest absolute Gasteiger partial charge is 0.202 e. The van der Waals surface area contributed by atoms with E-state index in [0.29, 0.717) is 24.6 Å². The zero-order valence-corrected chi connectivity index (χ0v) is 13.8. The molecule has 6 nitrogen and oxygen atoms in total. The van der Waals surface area contributed by atoms with Crippen LogP contribution in [0.5, 0.6) is 0 Å². The Bertz CT molecular complexity index is 944. The summed E-state index contributed by atoms with van der Waals surface area (Å²) in [6.45, 7) is 0.621. The zero-order valence-electron chi connectivity index (χ0n) is 13.0. The third kappa shape index (κ3) is 2.99. The van der Waals surface area contributed by atoms with Gasteiger partial charge in [-0.05, 0) is 12.3 Å². The molecule has 3 heterocycles. The van der Waals surface area contributed by atoms with Crippen LogP contribution in [0.25, 0.3) is 22.8 Å². The van der Waals surface area contributed by atoms with Crippen LogP contribution in [0, 0.1) is 5.92 Å². The minimum atomic E-state index is -2.88. The maximum atomic E-state index is 11.6. The van der Waals surface area contributed by atoms with Gasteiger partial charge in [-0.15, -0.1) is 0 Å². The van der Waals surface area contributed by atoms with Crippen LogP contribution in [0.4, 0.5) is 0 Å². The molecular formula is C17H17N3O3S. The molecule has 1 saturated heterocycles. The van der Waals surface area contributed by atoms with Crippen molar-refractivity contribution in [3.05, 3.63) is 48.8 Å². The van der Waals surface area contributed by atoms with E-state index in [4.69, 9.17) is 4.52 Å². The molecule has 0 unspecified atom stereocenters. The second kappa shape index (κ2) is 5.90. The lowest BCUT2D eigenvalue weighted by Crippen LogP contribution is -2.12. The monoisotopic (exact) mass is 343 g/mol. The predicted molar refractivity (Wildman–Crippen MR) is 89.9 cm³/mol. The summed E-state index contributed by atoms with van der Waals surface area (Å²) in [6.07, 6.45) is 4.25. The van der Waals surface area contributed by atoms with Gasteiger partial charge in [0.2, 0.25) is 5.76 Å². The Morgan fingerprint density at radius 3 is 2.83 bits per heavy atom. The molecule has 0 aliphatic carbocycles. The van der Waals surface area contributed by atoms with Crippen LogP contribution in [0.15, 0.2) is 53.3 Å². The molecule has 7 heteroatoms. The molecular weight excluding hydrogens is 326 g/mol. The largest absolute Gasteiger partial charge is 0.352 e. The molecule has 1 aromatic carbocycles. The number of hydrogen-bond acceptors (Lipinski definition) is 5. The first-order valence-electron chi connectivity index (χ1n) is 7.85. The van der Waals surface area contributed by atoms with Gasteiger partial charge in [0.1, 0.15) is 5.69 Å².